The summed E-state index contributed by atoms with van der Waals surface area (Å²) in [4.78, 5) is 25.8. The maximum absolute atomic E-state index is 12.3. The topological polar surface area (TPSA) is 75.4 Å². The number of nitrogens with one attached hydrogen (secondary N) is 1. The van der Waals surface area contributed by atoms with Crippen molar-refractivity contribution in [3.63, 3.8) is 0 Å². The van der Waals surface area contributed by atoms with Gasteiger partial charge in [0.2, 0.25) is 11.8 Å². The van der Waals surface area contributed by atoms with E-state index < -0.39 is 6.04 Å². The highest BCUT2D eigenvalue weighted by molar-refractivity contribution is 6.35. The van der Waals surface area contributed by atoms with Crippen molar-refractivity contribution in [2.45, 2.75) is 32.9 Å². The summed E-state index contributed by atoms with van der Waals surface area (Å²) >= 11 is 12.2. The second kappa shape index (κ2) is 7.51. The van der Waals surface area contributed by atoms with Gasteiger partial charge >= 0.3 is 0 Å². The van der Waals surface area contributed by atoms with E-state index in [0.29, 0.717) is 29.6 Å². The summed E-state index contributed by atoms with van der Waals surface area (Å²) in [7, 11) is 0. The van der Waals surface area contributed by atoms with E-state index in [4.69, 9.17) is 28.9 Å². The van der Waals surface area contributed by atoms with Gasteiger partial charge in [-0.2, -0.15) is 0 Å². The molecule has 23 heavy (non-hydrogen) atoms. The summed E-state index contributed by atoms with van der Waals surface area (Å²) in [5.74, 6) is -0.433. The second-order valence-corrected chi connectivity index (χ2v) is 6.92. The predicted molar refractivity (Wildman–Crippen MR) is 91.4 cm³/mol. The number of nitrogens with zero attached hydrogens (tertiary/aromatic N) is 1. The molecule has 1 aliphatic heterocycles. The van der Waals surface area contributed by atoms with Gasteiger partial charge in [-0.1, -0.05) is 37.0 Å². The molecule has 1 aromatic carbocycles. The minimum Gasteiger partial charge on any atom is -0.346 e. The van der Waals surface area contributed by atoms with E-state index in [0.717, 1.165) is 11.1 Å². The molecule has 7 heteroatoms. The maximum Gasteiger partial charge on any atom is 0.242 e. The molecule has 3 N–H and O–H groups in total. The Morgan fingerprint density at radius 2 is 2.04 bits per heavy atom. The normalized spacial score (nSPS) is 15.3. The van der Waals surface area contributed by atoms with Crippen LogP contribution in [0.1, 0.15) is 25.0 Å². The van der Waals surface area contributed by atoms with Crippen molar-refractivity contribution in [1.82, 2.24) is 10.2 Å². The lowest BCUT2D eigenvalue weighted by Crippen LogP contribution is -2.48. The third-order valence-electron chi connectivity index (χ3n) is 4.04. The molecule has 1 atom stereocenters. The van der Waals surface area contributed by atoms with E-state index in [-0.39, 0.29) is 24.3 Å². The summed E-state index contributed by atoms with van der Waals surface area (Å²) in [5.41, 5.74) is 7.74. The molecule has 0 aromatic heterocycles. The highest BCUT2D eigenvalue weighted by Gasteiger charge is 2.24. The molecular weight excluding hydrogens is 337 g/mol. The Morgan fingerprint density at radius 3 is 2.70 bits per heavy atom. The minimum absolute atomic E-state index is 0.0236. The fraction of sp³-hybridized carbons (Fsp3) is 0.500. The van der Waals surface area contributed by atoms with E-state index in [1.807, 2.05) is 19.9 Å². The van der Waals surface area contributed by atoms with E-state index in [9.17, 15) is 9.59 Å². The number of rotatable bonds is 4. The molecule has 5 nitrogen and oxygen atoms in total. The highest BCUT2D eigenvalue weighted by Crippen LogP contribution is 2.29. The first kappa shape index (κ1) is 18.0. The third kappa shape index (κ3) is 4.37. The fourth-order valence-corrected chi connectivity index (χ4v) is 3.09. The number of hydrogen-bond donors (Lipinski definition) is 2. The third-order valence-corrected chi connectivity index (χ3v) is 4.60. The van der Waals surface area contributed by atoms with Crippen LogP contribution in [0.3, 0.4) is 0 Å². The fourth-order valence-electron chi connectivity index (χ4n) is 2.49. The molecular formula is C16H21Cl2N3O2. The van der Waals surface area contributed by atoms with E-state index >= 15 is 0 Å². The van der Waals surface area contributed by atoms with Crippen LogP contribution in [0.25, 0.3) is 0 Å². The largest absolute Gasteiger partial charge is 0.346 e. The SMILES string of the molecule is CC(C)[C@H](N)C(=O)NCC(=O)N1CCc2cc(Cl)cc(Cl)c2C1. The number of fused-ring (bicyclic) bond motifs is 1. The summed E-state index contributed by atoms with van der Waals surface area (Å²) in [6.45, 7) is 4.67. The summed E-state index contributed by atoms with van der Waals surface area (Å²) in [6.07, 6.45) is 0.695. The Bertz CT molecular complexity index is 620. The molecule has 2 amide bonds. The van der Waals surface area contributed by atoms with Crippen LogP contribution in [0.5, 0.6) is 0 Å². The van der Waals surface area contributed by atoms with Crippen molar-refractivity contribution in [2.75, 3.05) is 13.1 Å². The lowest BCUT2D eigenvalue weighted by Gasteiger charge is -2.30. The number of amides is 2. The van der Waals surface area contributed by atoms with Gasteiger partial charge in [-0.3, -0.25) is 9.59 Å². The van der Waals surface area contributed by atoms with Crippen LogP contribution in [0.4, 0.5) is 0 Å². The van der Waals surface area contributed by atoms with Crippen molar-refractivity contribution in [2.24, 2.45) is 11.7 Å². The lowest BCUT2D eigenvalue weighted by molar-refractivity contribution is -0.134. The van der Waals surface area contributed by atoms with Crippen LogP contribution in [-0.2, 0) is 22.6 Å². The van der Waals surface area contributed by atoms with E-state index in [1.54, 1.807) is 11.0 Å². The summed E-state index contributed by atoms with van der Waals surface area (Å²) < 4.78 is 0. The van der Waals surface area contributed by atoms with Gasteiger partial charge in [-0.15, -0.1) is 0 Å². The maximum atomic E-state index is 12.3. The number of nitrogens with two attached hydrogens (primary N) is 1. The number of benzene rings is 1. The van der Waals surface area contributed by atoms with Crippen molar-refractivity contribution in [3.8, 4) is 0 Å². The molecule has 2 rings (SSSR count). The van der Waals surface area contributed by atoms with Gasteiger partial charge < -0.3 is 16.0 Å². The quantitative estimate of drug-likeness (QED) is 0.864. The second-order valence-electron chi connectivity index (χ2n) is 6.08. The highest BCUT2D eigenvalue weighted by atomic mass is 35.5. The van der Waals surface area contributed by atoms with Crippen LogP contribution in [0, 0.1) is 5.92 Å². The molecule has 0 unspecified atom stereocenters. The van der Waals surface area contributed by atoms with Gasteiger partial charge in [0.1, 0.15) is 0 Å². The van der Waals surface area contributed by atoms with Crippen LogP contribution >= 0.6 is 23.2 Å². The van der Waals surface area contributed by atoms with Crippen molar-refractivity contribution in [1.29, 1.82) is 0 Å². The Morgan fingerprint density at radius 1 is 1.35 bits per heavy atom. The smallest absolute Gasteiger partial charge is 0.242 e. The standard InChI is InChI=1S/C16H21Cl2N3O2/c1-9(2)15(19)16(23)20-7-14(22)21-4-3-10-5-11(17)6-13(18)12(10)8-21/h5-6,9,15H,3-4,7-8,19H2,1-2H3,(H,20,23)/t15-/m0/s1. The molecule has 1 heterocycles. The molecule has 1 aliphatic rings. The van der Waals surface area contributed by atoms with Crippen LogP contribution < -0.4 is 11.1 Å². The first-order valence-electron chi connectivity index (χ1n) is 7.57. The molecule has 0 aliphatic carbocycles. The van der Waals surface area contributed by atoms with Crippen molar-refractivity contribution in [3.05, 3.63) is 33.3 Å². The predicted octanol–water partition coefficient (Wildman–Crippen LogP) is 1.98. The number of carbonyl (C=O) groups excluding carboxylic acids is 2. The van der Waals surface area contributed by atoms with Gasteiger partial charge in [0.25, 0.3) is 0 Å². The molecule has 0 fully saturated rings. The molecule has 126 valence electrons. The Hall–Kier alpha value is -1.30. The van der Waals surface area contributed by atoms with Gasteiger partial charge in [0.15, 0.2) is 0 Å². The van der Waals surface area contributed by atoms with Gasteiger partial charge in [-0.25, -0.2) is 0 Å². The van der Waals surface area contributed by atoms with Crippen LogP contribution in [0.2, 0.25) is 10.0 Å². The Labute approximate surface area is 146 Å². The number of carbonyl (C=O) groups is 2. The molecule has 0 bridgehead atoms. The molecule has 0 saturated carbocycles. The molecule has 0 spiro atoms. The van der Waals surface area contributed by atoms with Gasteiger partial charge in [0.05, 0.1) is 12.6 Å². The van der Waals surface area contributed by atoms with Crippen LogP contribution in [0.15, 0.2) is 12.1 Å². The van der Waals surface area contributed by atoms with E-state index in [1.165, 1.54) is 0 Å². The minimum atomic E-state index is -0.610. The van der Waals surface area contributed by atoms with Crippen molar-refractivity contribution >= 4 is 35.0 Å². The van der Waals surface area contributed by atoms with Crippen molar-refractivity contribution < 1.29 is 9.59 Å². The average molecular weight is 358 g/mol. The van der Waals surface area contributed by atoms with E-state index in [2.05, 4.69) is 5.32 Å². The molecule has 1 aromatic rings. The Balaban J connectivity index is 1.96. The zero-order valence-electron chi connectivity index (χ0n) is 13.2. The monoisotopic (exact) mass is 357 g/mol. The lowest BCUT2D eigenvalue weighted by atomic mass is 9.99. The average Bonchev–Trinajstić information content (AvgIpc) is 2.50. The molecule has 0 saturated heterocycles. The summed E-state index contributed by atoms with van der Waals surface area (Å²) in [6, 6.07) is 2.95. The van der Waals surface area contributed by atoms with Gasteiger partial charge in [-0.05, 0) is 35.6 Å². The number of hydrogen-bond acceptors (Lipinski definition) is 3. The van der Waals surface area contributed by atoms with Crippen LogP contribution in [-0.4, -0.2) is 35.8 Å². The zero-order valence-corrected chi connectivity index (χ0v) is 14.7. The first-order chi connectivity index (χ1) is 10.8. The summed E-state index contributed by atoms with van der Waals surface area (Å²) in [5, 5.41) is 3.77. The number of halogens is 2. The van der Waals surface area contributed by atoms with Gasteiger partial charge in [0, 0.05) is 23.1 Å². The Kier molecular flexibility index (Phi) is 5.89. The zero-order chi connectivity index (χ0) is 17.1. The first-order valence-corrected chi connectivity index (χ1v) is 8.33. The molecule has 0 radical (unpaired) electrons.